The zero-order valence-electron chi connectivity index (χ0n) is 14.7. The standard InChI is InChI=1S/C15H27N3O6Si/c1-25(2,10-17-18-16)8-6-4-3-5-7-23-14-12(21)15(22)24-13(14)11(20)9-19/h11,13,19-21H,3-10H2,1-2H3/t11-,13+/m0/s1. The summed E-state index contributed by atoms with van der Waals surface area (Å²) in [6.07, 6.45) is 1.84. The number of ether oxygens (including phenoxy) is 2. The minimum absolute atomic E-state index is 0.116. The summed E-state index contributed by atoms with van der Waals surface area (Å²) >= 11 is 0. The molecule has 0 bridgehead atoms. The number of cyclic esters (lactones) is 1. The lowest BCUT2D eigenvalue weighted by Gasteiger charge is -2.19. The summed E-state index contributed by atoms with van der Waals surface area (Å²) in [5.74, 6) is -1.72. The van der Waals surface area contributed by atoms with Crippen LogP contribution < -0.4 is 0 Å². The fraction of sp³-hybridized carbons (Fsp3) is 0.800. The average Bonchev–Trinajstić information content (AvgIpc) is 2.86. The molecular weight excluding hydrogens is 346 g/mol. The topological polar surface area (TPSA) is 145 Å². The first-order chi connectivity index (χ1) is 11.8. The van der Waals surface area contributed by atoms with Crippen LogP contribution in [0.1, 0.15) is 25.7 Å². The van der Waals surface area contributed by atoms with Gasteiger partial charge in [-0.25, -0.2) is 4.79 Å². The van der Waals surface area contributed by atoms with Gasteiger partial charge in [-0.15, -0.1) is 0 Å². The van der Waals surface area contributed by atoms with Gasteiger partial charge in [0, 0.05) is 11.1 Å². The minimum Gasteiger partial charge on any atom is -0.499 e. The van der Waals surface area contributed by atoms with Gasteiger partial charge in [-0.05, 0) is 12.0 Å². The van der Waals surface area contributed by atoms with Crippen LogP contribution in [0.3, 0.4) is 0 Å². The number of unbranched alkanes of at least 4 members (excludes halogenated alkanes) is 3. The van der Waals surface area contributed by atoms with E-state index in [2.05, 4.69) is 23.1 Å². The molecule has 1 heterocycles. The fourth-order valence-corrected chi connectivity index (χ4v) is 4.31. The Morgan fingerprint density at radius 1 is 1.36 bits per heavy atom. The Kier molecular flexibility index (Phi) is 8.77. The van der Waals surface area contributed by atoms with Crippen molar-refractivity contribution in [3.8, 4) is 0 Å². The highest BCUT2D eigenvalue weighted by molar-refractivity contribution is 6.77. The van der Waals surface area contributed by atoms with Crippen molar-refractivity contribution in [2.24, 2.45) is 5.11 Å². The molecule has 1 rings (SSSR count). The van der Waals surface area contributed by atoms with E-state index >= 15 is 0 Å². The molecule has 0 radical (unpaired) electrons. The lowest BCUT2D eigenvalue weighted by molar-refractivity contribution is -0.148. The van der Waals surface area contributed by atoms with E-state index in [0.717, 1.165) is 31.7 Å². The van der Waals surface area contributed by atoms with Crippen molar-refractivity contribution in [3.63, 3.8) is 0 Å². The predicted octanol–water partition coefficient (Wildman–Crippen LogP) is 2.17. The number of aliphatic hydroxyl groups is 3. The molecule has 25 heavy (non-hydrogen) atoms. The number of nitrogens with zero attached hydrogens (tertiary/aromatic N) is 3. The molecule has 142 valence electrons. The van der Waals surface area contributed by atoms with Crippen molar-refractivity contribution in [3.05, 3.63) is 22.0 Å². The third-order valence-corrected chi connectivity index (χ3v) is 6.73. The average molecular weight is 373 g/mol. The molecule has 0 aromatic carbocycles. The third kappa shape index (κ3) is 6.95. The molecule has 0 aliphatic carbocycles. The number of azide groups is 1. The normalized spacial score (nSPS) is 18.7. The number of hydrogen-bond acceptors (Lipinski definition) is 7. The molecule has 3 N–H and O–H groups in total. The van der Waals surface area contributed by atoms with Crippen molar-refractivity contribution >= 4 is 14.0 Å². The van der Waals surface area contributed by atoms with Crippen molar-refractivity contribution < 1.29 is 29.6 Å². The molecule has 0 aromatic rings. The molecule has 10 heteroatoms. The fourth-order valence-electron chi connectivity index (χ4n) is 2.50. The van der Waals surface area contributed by atoms with Gasteiger partial charge in [0.25, 0.3) is 0 Å². The molecular formula is C15H27N3O6Si. The largest absolute Gasteiger partial charge is 0.499 e. The van der Waals surface area contributed by atoms with Crippen LogP contribution in [0.2, 0.25) is 19.1 Å². The summed E-state index contributed by atoms with van der Waals surface area (Å²) in [7, 11) is -1.45. The van der Waals surface area contributed by atoms with E-state index in [1.54, 1.807) is 0 Å². The SMILES string of the molecule is C[Si](C)(CCCCCCOC1=C(O)C(=O)O[C@@H]1[C@@H](O)CO)CN=[N+]=[N-]. The molecule has 0 spiro atoms. The van der Waals surface area contributed by atoms with Gasteiger partial charge in [0.05, 0.1) is 21.3 Å². The number of esters is 1. The zero-order chi connectivity index (χ0) is 18.9. The van der Waals surface area contributed by atoms with E-state index in [4.69, 9.17) is 20.1 Å². The van der Waals surface area contributed by atoms with Crippen molar-refractivity contribution in [2.45, 2.75) is 57.0 Å². The van der Waals surface area contributed by atoms with E-state index in [0.29, 0.717) is 6.17 Å². The Morgan fingerprint density at radius 3 is 2.68 bits per heavy atom. The van der Waals surface area contributed by atoms with E-state index in [1.807, 2.05) is 0 Å². The third-order valence-electron chi connectivity index (χ3n) is 4.02. The molecule has 0 saturated heterocycles. The Balaban J connectivity index is 2.26. The molecule has 0 aromatic heterocycles. The highest BCUT2D eigenvalue weighted by Crippen LogP contribution is 2.25. The van der Waals surface area contributed by atoms with Crippen LogP contribution >= 0.6 is 0 Å². The quantitative estimate of drug-likeness (QED) is 0.119. The van der Waals surface area contributed by atoms with E-state index in [-0.39, 0.29) is 12.4 Å². The first-order valence-corrected chi connectivity index (χ1v) is 11.8. The number of hydrogen-bond donors (Lipinski definition) is 3. The highest BCUT2D eigenvalue weighted by Gasteiger charge is 2.40. The second-order valence-electron chi connectivity index (χ2n) is 6.85. The van der Waals surface area contributed by atoms with Crippen LogP contribution in [0.15, 0.2) is 16.6 Å². The molecule has 9 nitrogen and oxygen atoms in total. The molecule has 1 aliphatic rings. The Labute approximate surface area is 147 Å². The summed E-state index contributed by atoms with van der Waals surface area (Å²) in [6.45, 7) is 4.07. The van der Waals surface area contributed by atoms with E-state index < -0.39 is 38.6 Å². The maximum atomic E-state index is 11.3. The zero-order valence-corrected chi connectivity index (χ0v) is 15.7. The minimum atomic E-state index is -1.45. The summed E-state index contributed by atoms with van der Waals surface area (Å²) in [4.78, 5) is 14.1. The molecule has 0 saturated carbocycles. The van der Waals surface area contributed by atoms with E-state index in [9.17, 15) is 15.0 Å². The summed E-state index contributed by atoms with van der Waals surface area (Å²) < 4.78 is 10.2. The predicted molar refractivity (Wildman–Crippen MR) is 93.3 cm³/mol. The monoisotopic (exact) mass is 373 g/mol. The number of carbonyl (C=O) groups is 1. The Morgan fingerprint density at radius 2 is 2.04 bits per heavy atom. The second-order valence-corrected chi connectivity index (χ2v) is 12.0. The second kappa shape index (κ2) is 10.3. The van der Waals surface area contributed by atoms with E-state index in [1.165, 1.54) is 0 Å². The highest BCUT2D eigenvalue weighted by atomic mass is 28.3. The number of aliphatic hydroxyl groups excluding tert-OH is 3. The lowest BCUT2D eigenvalue weighted by Crippen LogP contribution is -2.32. The van der Waals surface area contributed by atoms with Gasteiger partial charge >= 0.3 is 5.97 Å². The number of rotatable bonds is 12. The first-order valence-electron chi connectivity index (χ1n) is 8.39. The maximum absolute atomic E-state index is 11.3. The van der Waals surface area contributed by atoms with Crippen molar-refractivity contribution in [1.29, 1.82) is 0 Å². The van der Waals surface area contributed by atoms with Crippen LogP contribution in [0.25, 0.3) is 10.4 Å². The van der Waals surface area contributed by atoms with Gasteiger partial charge in [-0.3, -0.25) is 0 Å². The van der Waals surface area contributed by atoms with Crippen LogP contribution in [-0.4, -0.2) is 61.0 Å². The van der Waals surface area contributed by atoms with Gasteiger partial charge in [0.15, 0.2) is 11.9 Å². The Hall–Kier alpha value is -1.74. The Bertz CT molecular complexity index is 533. The van der Waals surface area contributed by atoms with Crippen molar-refractivity contribution in [2.75, 3.05) is 19.4 Å². The summed E-state index contributed by atoms with van der Waals surface area (Å²) in [6, 6.07) is 1.09. The molecule has 0 unspecified atom stereocenters. The summed E-state index contributed by atoms with van der Waals surface area (Å²) in [5.41, 5.74) is 8.38. The van der Waals surface area contributed by atoms with Gasteiger partial charge < -0.3 is 24.8 Å². The molecule has 0 fully saturated rings. The number of carbonyl (C=O) groups excluding carboxylic acids is 1. The van der Waals surface area contributed by atoms with Crippen LogP contribution in [0, 0.1) is 0 Å². The van der Waals surface area contributed by atoms with Crippen LogP contribution in [-0.2, 0) is 14.3 Å². The van der Waals surface area contributed by atoms with Crippen LogP contribution in [0.4, 0.5) is 0 Å². The van der Waals surface area contributed by atoms with Crippen LogP contribution in [0.5, 0.6) is 0 Å². The smallest absolute Gasteiger partial charge is 0.378 e. The lowest BCUT2D eigenvalue weighted by atomic mass is 10.2. The molecule has 1 aliphatic heterocycles. The molecule has 0 amide bonds. The van der Waals surface area contributed by atoms with Gasteiger partial charge in [0.2, 0.25) is 5.76 Å². The summed E-state index contributed by atoms with van der Waals surface area (Å²) in [5, 5.41) is 31.8. The van der Waals surface area contributed by atoms with Crippen molar-refractivity contribution in [1.82, 2.24) is 0 Å². The van der Waals surface area contributed by atoms with Gasteiger partial charge in [-0.2, -0.15) is 0 Å². The van der Waals surface area contributed by atoms with Gasteiger partial charge in [0.1, 0.15) is 6.10 Å². The maximum Gasteiger partial charge on any atom is 0.378 e. The first kappa shape index (κ1) is 21.3. The molecule has 2 atom stereocenters. The van der Waals surface area contributed by atoms with Gasteiger partial charge in [-0.1, -0.05) is 43.5 Å².